The molecule has 1 saturated heterocycles. The monoisotopic (exact) mass is 331 g/mol. The van der Waals surface area contributed by atoms with Crippen LogP contribution in [0.15, 0.2) is 23.1 Å². The maximum absolute atomic E-state index is 12.4. The molecule has 1 aliphatic heterocycles. The van der Waals surface area contributed by atoms with E-state index in [9.17, 15) is 13.2 Å². The second-order valence-corrected chi connectivity index (χ2v) is 7.68. The summed E-state index contributed by atoms with van der Waals surface area (Å²) in [7, 11) is 3.21. The number of nitrogens with zero attached hydrogens (tertiary/aromatic N) is 1. The fourth-order valence-corrected chi connectivity index (χ4v) is 3.69. The number of carbonyl (C=O) groups excluding carboxylic acids is 1. The van der Waals surface area contributed by atoms with Gasteiger partial charge in [0, 0.05) is 36.4 Å². The van der Waals surface area contributed by atoms with Crippen molar-refractivity contribution in [2.24, 2.45) is 0 Å². The lowest BCUT2D eigenvalue weighted by Crippen LogP contribution is -2.40. The molecule has 1 heterocycles. The molecule has 116 valence electrons. The highest BCUT2D eigenvalue weighted by molar-refractivity contribution is 8.13. The second-order valence-electron chi connectivity index (χ2n) is 5.15. The first-order valence-corrected chi connectivity index (χ1v) is 9.01. The molecule has 2 rings (SSSR count). The quantitative estimate of drug-likeness (QED) is 0.796. The summed E-state index contributed by atoms with van der Waals surface area (Å²) in [5.41, 5.74) is 0.871. The highest BCUT2D eigenvalue weighted by Gasteiger charge is 2.24. The van der Waals surface area contributed by atoms with Crippen molar-refractivity contribution in [2.45, 2.75) is 30.8 Å². The van der Waals surface area contributed by atoms with Gasteiger partial charge < -0.3 is 9.64 Å². The van der Waals surface area contributed by atoms with Crippen molar-refractivity contribution >= 4 is 25.6 Å². The zero-order valence-corrected chi connectivity index (χ0v) is 13.6. The van der Waals surface area contributed by atoms with Crippen molar-refractivity contribution in [3.63, 3.8) is 0 Å². The summed E-state index contributed by atoms with van der Waals surface area (Å²) >= 11 is 0. The number of methoxy groups -OCH3 is 1. The Labute approximate surface area is 129 Å². The van der Waals surface area contributed by atoms with Crippen LogP contribution in [-0.2, 0) is 13.8 Å². The number of halogens is 1. The van der Waals surface area contributed by atoms with E-state index in [1.54, 1.807) is 31.1 Å². The Balaban J connectivity index is 2.21. The van der Waals surface area contributed by atoms with Crippen molar-refractivity contribution in [1.29, 1.82) is 0 Å². The van der Waals surface area contributed by atoms with Gasteiger partial charge in [0.05, 0.1) is 11.0 Å². The van der Waals surface area contributed by atoms with Gasteiger partial charge in [-0.3, -0.25) is 4.79 Å². The molecule has 0 saturated carbocycles. The van der Waals surface area contributed by atoms with Crippen LogP contribution in [0.2, 0.25) is 0 Å². The number of amides is 1. The Kier molecular flexibility index (Phi) is 4.91. The summed E-state index contributed by atoms with van der Waals surface area (Å²) in [5, 5.41) is 0. The molecule has 0 aromatic heterocycles. The van der Waals surface area contributed by atoms with Crippen LogP contribution in [0.3, 0.4) is 0 Å². The van der Waals surface area contributed by atoms with Crippen LogP contribution in [0.4, 0.5) is 0 Å². The van der Waals surface area contributed by atoms with Gasteiger partial charge in [0.15, 0.2) is 0 Å². The Bertz CT molecular complexity index is 636. The van der Waals surface area contributed by atoms with Crippen LogP contribution >= 0.6 is 10.7 Å². The van der Waals surface area contributed by atoms with Gasteiger partial charge >= 0.3 is 0 Å². The molecule has 7 heteroatoms. The van der Waals surface area contributed by atoms with Crippen molar-refractivity contribution in [2.75, 3.05) is 20.2 Å². The molecule has 0 spiro atoms. The average Bonchev–Trinajstić information content (AvgIpc) is 2.46. The molecule has 1 aliphatic rings. The Morgan fingerprint density at radius 1 is 1.33 bits per heavy atom. The fourth-order valence-electron chi connectivity index (χ4n) is 2.47. The smallest absolute Gasteiger partial charge is 0.261 e. The third kappa shape index (κ3) is 3.75. The van der Waals surface area contributed by atoms with E-state index in [4.69, 9.17) is 15.4 Å². The van der Waals surface area contributed by atoms with Crippen LogP contribution in [-0.4, -0.2) is 45.5 Å². The third-order valence-corrected chi connectivity index (χ3v) is 5.22. The standard InChI is InChI=1S/C14H18ClNO4S/c1-10-3-4-11(9-13(10)21(15,18)19)14(17)16-7-5-12(20-2)6-8-16/h3-4,9,12H,5-8H2,1-2H3. The summed E-state index contributed by atoms with van der Waals surface area (Å²) in [6.07, 6.45) is 1.76. The van der Waals surface area contributed by atoms with Crippen LogP contribution in [0.25, 0.3) is 0 Å². The minimum absolute atomic E-state index is 0.0122. The highest BCUT2D eigenvalue weighted by atomic mass is 35.7. The van der Waals surface area contributed by atoms with Gasteiger partial charge in [0.2, 0.25) is 0 Å². The van der Waals surface area contributed by atoms with Crippen molar-refractivity contribution < 1.29 is 17.9 Å². The molecule has 1 fully saturated rings. The van der Waals surface area contributed by atoms with Gasteiger partial charge in [-0.05, 0) is 37.5 Å². The van der Waals surface area contributed by atoms with E-state index >= 15 is 0 Å². The van der Waals surface area contributed by atoms with Gasteiger partial charge in [-0.25, -0.2) is 8.42 Å². The number of carbonyl (C=O) groups is 1. The lowest BCUT2D eigenvalue weighted by molar-refractivity contribution is 0.0350. The summed E-state index contributed by atoms with van der Waals surface area (Å²) < 4.78 is 28.3. The molecule has 0 N–H and O–H groups in total. The van der Waals surface area contributed by atoms with E-state index in [0.717, 1.165) is 12.8 Å². The van der Waals surface area contributed by atoms with E-state index in [1.807, 2.05) is 0 Å². The molecule has 1 aromatic carbocycles. The van der Waals surface area contributed by atoms with E-state index in [2.05, 4.69) is 0 Å². The number of ether oxygens (including phenoxy) is 1. The molecule has 0 radical (unpaired) electrons. The van der Waals surface area contributed by atoms with Gasteiger partial charge in [0.1, 0.15) is 0 Å². The number of likely N-dealkylation sites (tertiary alicyclic amines) is 1. The highest BCUT2D eigenvalue weighted by Crippen LogP contribution is 2.23. The van der Waals surface area contributed by atoms with Crippen LogP contribution in [0, 0.1) is 6.92 Å². The largest absolute Gasteiger partial charge is 0.381 e. The second kappa shape index (κ2) is 6.34. The maximum Gasteiger partial charge on any atom is 0.261 e. The fraction of sp³-hybridized carbons (Fsp3) is 0.500. The number of hydrogen-bond donors (Lipinski definition) is 0. The van der Waals surface area contributed by atoms with Gasteiger partial charge in [-0.15, -0.1) is 0 Å². The van der Waals surface area contributed by atoms with Crippen LogP contribution < -0.4 is 0 Å². The third-order valence-electron chi connectivity index (χ3n) is 3.76. The molecular weight excluding hydrogens is 314 g/mol. The van der Waals surface area contributed by atoms with Crippen molar-refractivity contribution in [3.8, 4) is 0 Å². The Hall–Kier alpha value is -1.11. The molecule has 5 nitrogen and oxygen atoms in total. The summed E-state index contributed by atoms with van der Waals surface area (Å²) in [6, 6.07) is 4.58. The first kappa shape index (κ1) is 16.3. The molecule has 21 heavy (non-hydrogen) atoms. The normalized spacial score (nSPS) is 17.0. The Morgan fingerprint density at radius 3 is 2.48 bits per heavy atom. The first-order valence-electron chi connectivity index (χ1n) is 6.70. The minimum Gasteiger partial charge on any atom is -0.381 e. The van der Waals surface area contributed by atoms with E-state index in [1.165, 1.54) is 6.07 Å². The summed E-state index contributed by atoms with van der Waals surface area (Å²) in [5.74, 6) is -0.175. The molecule has 0 aliphatic carbocycles. The SMILES string of the molecule is COC1CCN(C(=O)c2ccc(C)c(S(=O)(=O)Cl)c2)CC1. The van der Waals surface area contributed by atoms with Crippen LogP contribution in [0.5, 0.6) is 0 Å². The zero-order valence-electron chi connectivity index (χ0n) is 12.0. The minimum atomic E-state index is -3.85. The number of piperidine rings is 1. The van der Waals surface area contributed by atoms with E-state index < -0.39 is 9.05 Å². The average molecular weight is 332 g/mol. The van der Waals surface area contributed by atoms with Crippen LogP contribution in [0.1, 0.15) is 28.8 Å². The lowest BCUT2D eigenvalue weighted by Gasteiger charge is -2.31. The Morgan fingerprint density at radius 2 is 1.95 bits per heavy atom. The predicted octanol–water partition coefficient (Wildman–Crippen LogP) is 2.17. The van der Waals surface area contributed by atoms with Gasteiger partial charge in [-0.1, -0.05) is 6.07 Å². The maximum atomic E-state index is 12.4. The van der Waals surface area contributed by atoms with Crippen molar-refractivity contribution in [1.82, 2.24) is 4.90 Å². The zero-order chi connectivity index (χ0) is 15.6. The van der Waals surface area contributed by atoms with Gasteiger partial charge in [-0.2, -0.15) is 0 Å². The van der Waals surface area contributed by atoms with Gasteiger partial charge in [0.25, 0.3) is 15.0 Å². The summed E-state index contributed by atoms with van der Waals surface area (Å²) in [4.78, 5) is 14.1. The summed E-state index contributed by atoms with van der Waals surface area (Å²) in [6.45, 7) is 2.86. The first-order chi connectivity index (χ1) is 9.82. The number of benzene rings is 1. The number of hydrogen-bond acceptors (Lipinski definition) is 4. The van der Waals surface area contributed by atoms with E-state index in [-0.39, 0.29) is 16.9 Å². The molecular formula is C14H18ClNO4S. The molecule has 0 atom stereocenters. The van der Waals surface area contributed by atoms with E-state index in [0.29, 0.717) is 24.2 Å². The number of rotatable bonds is 3. The number of aryl methyl sites for hydroxylation is 1. The topological polar surface area (TPSA) is 63.7 Å². The molecule has 0 bridgehead atoms. The predicted molar refractivity (Wildman–Crippen MR) is 80.2 cm³/mol. The molecule has 1 aromatic rings. The lowest BCUT2D eigenvalue weighted by atomic mass is 10.1. The molecule has 0 unspecified atom stereocenters. The molecule has 1 amide bonds. The van der Waals surface area contributed by atoms with Crippen molar-refractivity contribution in [3.05, 3.63) is 29.3 Å².